The Morgan fingerprint density at radius 3 is 2.86 bits per heavy atom. The number of allylic oxidation sites excluding steroid dienone is 1. The molecule has 0 spiro atoms. The number of nitro groups is 1. The number of benzene rings is 2. The Labute approximate surface area is 172 Å². The zero-order chi connectivity index (χ0) is 20.4. The van der Waals surface area contributed by atoms with Crippen molar-refractivity contribution >= 4 is 45.1 Å². The van der Waals surface area contributed by atoms with Crippen LogP contribution in [0.4, 0.5) is 10.1 Å². The van der Waals surface area contributed by atoms with E-state index in [1.807, 2.05) is 24.3 Å². The van der Waals surface area contributed by atoms with Gasteiger partial charge in [-0.2, -0.15) is 5.26 Å². The molecule has 4 rings (SSSR count). The Hall–Kier alpha value is -3.48. The van der Waals surface area contributed by atoms with E-state index in [0.29, 0.717) is 10.7 Å². The van der Waals surface area contributed by atoms with E-state index in [0.717, 1.165) is 26.7 Å². The number of fused-ring (bicyclic) bond motifs is 1. The molecular formula is C20H10FN3O3S2. The number of nitriles is 1. The van der Waals surface area contributed by atoms with Crippen molar-refractivity contribution in [3.8, 4) is 17.4 Å². The number of hydrogen-bond acceptors (Lipinski definition) is 7. The van der Waals surface area contributed by atoms with Gasteiger partial charge in [0.25, 0.3) is 5.69 Å². The lowest BCUT2D eigenvalue weighted by atomic mass is 10.1. The third-order valence-corrected chi connectivity index (χ3v) is 5.93. The lowest BCUT2D eigenvalue weighted by Gasteiger charge is -2.00. The summed E-state index contributed by atoms with van der Waals surface area (Å²) in [4.78, 5) is 15.4. The molecule has 9 heteroatoms. The van der Waals surface area contributed by atoms with E-state index in [2.05, 4.69) is 11.1 Å². The highest BCUT2D eigenvalue weighted by molar-refractivity contribution is 8.05. The second-order valence-corrected chi connectivity index (χ2v) is 8.11. The molecule has 0 fully saturated rings. The maximum Gasteiger partial charge on any atom is 0.283 e. The van der Waals surface area contributed by atoms with Gasteiger partial charge in [-0.15, -0.1) is 11.3 Å². The van der Waals surface area contributed by atoms with Crippen molar-refractivity contribution in [2.24, 2.45) is 0 Å². The predicted molar refractivity (Wildman–Crippen MR) is 110 cm³/mol. The second kappa shape index (κ2) is 7.87. The van der Waals surface area contributed by atoms with E-state index in [9.17, 15) is 19.8 Å². The van der Waals surface area contributed by atoms with Crippen LogP contribution >= 0.6 is 23.1 Å². The largest absolute Gasteiger partial charge is 0.456 e. The zero-order valence-electron chi connectivity index (χ0n) is 14.5. The topological polar surface area (TPSA) is 93.0 Å². The predicted octanol–water partition coefficient (Wildman–Crippen LogP) is 6.26. The van der Waals surface area contributed by atoms with Crippen LogP contribution in [0, 0.1) is 27.3 Å². The quantitative estimate of drug-likeness (QED) is 0.163. The highest BCUT2D eigenvalue weighted by Gasteiger charge is 2.19. The zero-order valence-corrected chi connectivity index (χ0v) is 16.2. The summed E-state index contributed by atoms with van der Waals surface area (Å²) < 4.78 is 20.7. The van der Waals surface area contributed by atoms with E-state index >= 15 is 0 Å². The summed E-state index contributed by atoms with van der Waals surface area (Å²) in [6.45, 7) is 0. The van der Waals surface area contributed by atoms with E-state index in [4.69, 9.17) is 4.42 Å². The van der Waals surface area contributed by atoms with Crippen molar-refractivity contribution in [2.75, 3.05) is 0 Å². The van der Waals surface area contributed by atoms with Crippen molar-refractivity contribution in [2.45, 2.75) is 4.34 Å². The van der Waals surface area contributed by atoms with E-state index < -0.39 is 10.7 Å². The number of rotatable bonds is 5. The Morgan fingerprint density at radius 1 is 1.28 bits per heavy atom. The summed E-state index contributed by atoms with van der Waals surface area (Å²) in [5, 5.41) is 20.6. The minimum absolute atomic E-state index is 0.161. The minimum Gasteiger partial charge on any atom is -0.456 e. The SMILES string of the molecule is N#C/C(=C\c1ccc(-c2ccc(F)cc2[N+](=O)[O-])o1)Sc1nc2ccccc2s1. The van der Waals surface area contributed by atoms with Crippen LogP contribution in [0.2, 0.25) is 0 Å². The number of nitro benzene ring substituents is 1. The summed E-state index contributed by atoms with van der Waals surface area (Å²) >= 11 is 2.69. The monoisotopic (exact) mass is 423 g/mol. The minimum atomic E-state index is -0.703. The number of thioether (sulfide) groups is 1. The Balaban J connectivity index is 1.62. The van der Waals surface area contributed by atoms with E-state index in [1.54, 1.807) is 12.1 Å². The normalized spacial score (nSPS) is 11.5. The molecule has 0 saturated heterocycles. The van der Waals surface area contributed by atoms with Gasteiger partial charge >= 0.3 is 0 Å². The van der Waals surface area contributed by atoms with Gasteiger partial charge in [-0.05, 0) is 48.2 Å². The van der Waals surface area contributed by atoms with Gasteiger partial charge in [0.15, 0.2) is 4.34 Å². The van der Waals surface area contributed by atoms with E-state index in [-0.39, 0.29) is 17.0 Å². The molecule has 0 amide bonds. The number of thiazole rings is 1. The van der Waals surface area contributed by atoms with Gasteiger partial charge in [0.05, 0.1) is 31.7 Å². The van der Waals surface area contributed by atoms with Crippen molar-refractivity contribution < 1.29 is 13.7 Å². The second-order valence-electron chi connectivity index (χ2n) is 5.79. The Bertz CT molecular complexity index is 1270. The van der Waals surface area contributed by atoms with Gasteiger partial charge in [-0.1, -0.05) is 12.1 Å². The molecule has 0 aliphatic rings. The molecule has 0 bridgehead atoms. The average molecular weight is 423 g/mol. The van der Waals surface area contributed by atoms with Crippen LogP contribution in [0.3, 0.4) is 0 Å². The van der Waals surface area contributed by atoms with Crippen LogP contribution in [-0.4, -0.2) is 9.91 Å². The third kappa shape index (κ3) is 4.03. The van der Waals surface area contributed by atoms with Crippen LogP contribution in [-0.2, 0) is 0 Å². The van der Waals surface area contributed by atoms with Crippen LogP contribution in [0.15, 0.2) is 68.3 Å². The smallest absolute Gasteiger partial charge is 0.283 e. The third-order valence-electron chi connectivity index (χ3n) is 3.90. The number of hydrogen-bond donors (Lipinski definition) is 0. The molecule has 0 aliphatic heterocycles. The highest BCUT2D eigenvalue weighted by Crippen LogP contribution is 2.36. The van der Waals surface area contributed by atoms with Gasteiger partial charge in [-0.25, -0.2) is 9.37 Å². The molecular weight excluding hydrogens is 413 g/mol. The maximum absolute atomic E-state index is 13.3. The summed E-state index contributed by atoms with van der Waals surface area (Å²) in [5.41, 5.74) is 0.633. The fourth-order valence-electron chi connectivity index (χ4n) is 2.64. The summed E-state index contributed by atoms with van der Waals surface area (Å²) in [7, 11) is 0. The molecule has 4 aromatic rings. The molecule has 0 saturated carbocycles. The Morgan fingerprint density at radius 2 is 2.10 bits per heavy atom. The molecule has 29 heavy (non-hydrogen) atoms. The molecule has 0 unspecified atom stereocenters. The van der Waals surface area contributed by atoms with E-state index in [1.165, 1.54) is 35.2 Å². The fraction of sp³-hybridized carbons (Fsp3) is 0. The van der Waals surface area contributed by atoms with Gasteiger partial charge < -0.3 is 4.42 Å². The molecule has 0 aliphatic carbocycles. The first-order valence-corrected chi connectivity index (χ1v) is 9.86. The lowest BCUT2D eigenvalue weighted by molar-refractivity contribution is -0.384. The summed E-state index contributed by atoms with van der Waals surface area (Å²) in [6, 6.07) is 16.2. The lowest BCUT2D eigenvalue weighted by Crippen LogP contribution is -1.92. The van der Waals surface area contributed by atoms with Gasteiger partial charge in [0.2, 0.25) is 0 Å². The summed E-state index contributed by atoms with van der Waals surface area (Å²) in [5.74, 6) is -0.139. The molecule has 6 nitrogen and oxygen atoms in total. The number of nitrogens with zero attached hydrogens (tertiary/aromatic N) is 3. The first kappa shape index (κ1) is 18.9. The molecule has 0 N–H and O–H groups in total. The van der Waals surface area contributed by atoms with Gasteiger partial charge in [0, 0.05) is 6.08 Å². The van der Waals surface area contributed by atoms with Crippen molar-refractivity contribution in [3.05, 3.63) is 81.2 Å². The summed E-state index contributed by atoms with van der Waals surface area (Å²) in [6.07, 6.45) is 1.54. The molecule has 0 radical (unpaired) electrons. The number of aromatic nitrogens is 1. The fourth-order valence-corrected chi connectivity index (χ4v) is 4.60. The standard InChI is InChI=1S/C20H10FN3O3S2/c21-12-5-7-15(17(9-12)24(25)26)18-8-6-13(27-18)10-14(11-22)28-20-23-16-3-1-2-4-19(16)29-20/h1-10H/b14-10+. The number of halogens is 1. The molecule has 142 valence electrons. The first-order valence-electron chi connectivity index (χ1n) is 8.23. The van der Waals surface area contributed by atoms with Crippen LogP contribution in [0.1, 0.15) is 5.76 Å². The highest BCUT2D eigenvalue weighted by atomic mass is 32.2. The molecule has 2 aromatic carbocycles. The molecule has 2 heterocycles. The van der Waals surface area contributed by atoms with Crippen LogP contribution in [0.25, 0.3) is 27.6 Å². The van der Waals surface area contributed by atoms with Gasteiger partial charge in [0.1, 0.15) is 23.4 Å². The van der Waals surface area contributed by atoms with Crippen LogP contribution < -0.4 is 0 Å². The van der Waals surface area contributed by atoms with Crippen molar-refractivity contribution in [3.63, 3.8) is 0 Å². The number of furan rings is 1. The maximum atomic E-state index is 13.3. The Kier molecular flexibility index (Phi) is 5.12. The van der Waals surface area contributed by atoms with Crippen LogP contribution in [0.5, 0.6) is 0 Å². The first-order chi connectivity index (χ1) is 14.0. The van der Waals surface area contributed by atoms with Crippen molar-refractivity contribution in [1.29, 1.82) is 5.26 Å². The number of para-hydroxylation sites is 1. The molecule has 2 aromatic heterocycles. The van der Waals surface area contributed by atoms with Gasteiger partial charge in [-0.3, -0.25) is 10.1 Å². The molecule has 0 atom stereocenters. The van der Waals surface area contributed by atoms with Crippen molar-refractivity contribution in [1.82, 2.24) is 4.98 Å². The average Bonchev–Trinajstić information content (AvgIpc) is 3.33.